The molecule has 2 saturated heterocycles. The SMILES string of the molecule is C=CC(=O)N1CCC(C(=O)N2CCSCC2c2cccc(C(F)(F)F)c2)CC1. The fraction of sp³-hybridized carbons (Fsp3) is 0.500. The van der Waals surface area contributed by atoms with Crippen LogP contribution < -0.4 is 0 Å². The molecule has 4 nitrogen and oxygen atoms in total. The maximum atomic E-state index is 13.1. The number of piperidine rings is 1. The third kappa shape index (κ3) is 4.54. The first-order valence-corrected chi connectivity index (χ1v) is 10.4. The third-order valence-electron chi connectivity index (χ3n) is 5.34. The molecular weight excluding hydrogens is 389 g/mol. The Labute approximate surface area is 166 Å². The highest BCUT2D eigenvalue weighted by atomic mass is 32.2. The predicted molar refractivity (Wildman–Crippen MR) is 103 cm³/mol. The summed E-state index contributed by atoms with van der Waals surface area (Å²) in [6.07, 6.45) is -2.00. The minimum Gasteiger partial charge on any atom is -0.339 e. The van der Waals surface area contributed by atoms with E-state index in [1.807, 2.05) is 0 Å². The molecule has 28 heavy (non-hydrogen) atoms. The van der Waals surface area contributed by atoms with Crippen molar-refractivity contribution < 1.29 is 22.8 Å². The number of thioether (sulfide) groups is 1. The molecule has 0 aromatic heterocycles. The van der Waals surface area contributed by atoms with E-state index in [0.29, 0.717) is 43.8 Å². The van der Waals surface area contributed by atoms with Crippen LogP contribution in [-0.2, 0) is 15.8 Å². The van der Waals surface area contributed by atoms with Crippen molar-refractivity contribution in [2.24, 2.45) is 5.92 Å². The summed E-state index contributed by atoms with van der Waals surface area (Å²) in [5.41, 5.74) is -0.168. The minimum atomic E-state index is -4.41. The normalized spacial score (nSPS) is 21.5. The second-order valence-electron chi connectivity index (χ2n) is 7.05. The highest BCUT2D eigenvalue weighted by Crippen LogP contribution is 2.36. The largest absolute Gasteiger partial charge is 0.416 e. The van der Waals surface area contributed by atoms with E-state index in [1.165, 1.54) is 12.1 Å². The van der Waals surface area contributed by atoms with Crippen LogP contribution in [0, 0.1) is 5.92 Å². The van der Waals surface area contributed by atoms with Crippen molar-refractivity contribution in [2.75, 3.05) is 31.1 Å². The van der Waals surface area contributed by atoms with Gasteiger partial charge in [-0.2, -0.15) is 24.9 Å². The van der Waals surface area contributed by atoms with Crippen molar-refractivity contribution in [3.8, 4) is 0 Å². The van der Waals surface area contributed by atoms with E-state index in [4.69, 9.17) is 0 Å². The van der Waals surface area contributed by atoms with Crippen LogP contribution in [-0.4, -0.2) is 52.8 Å². The number of hydrogen-bond acceptors (Lipinski definition) is 3. The monoisotopic (exact) mass is 412 g/mol. The number of nitrogens with zero attached hydrogens (tertiary/aromatic N) is 2. The standard InChI is InChI=1S/C20H23F3N2O2S/c1-2-18(26)24-8-6-14(7-9-24)19(27)25-10-11-28-13-17(25)15-4-3-5-16(12-15)20(21,22)23/h2-5,12,14,17H,1,6-11,13H2. The van der Waals surface area contributed by atoms with Crippen molar-refractivity contribution in [1.29, 1.82) is 0 Å². The molecule has 0 aliphatic carbocycles. The average molecular weight is 412 g/mol. The van der Waals surface area contributed by atoms with E-state index >= 15 is 0 Å². The molecule has 2 aliphatic rings. The first kappa shape index (κ1) is 20.8. The van der Waals surface area contributed by atoms with Crippen molar-refractivity contribution >= 4 is 23.6 Å². The number of benzene rings is 1. The van der Waals surface area contributed by atoms with Crippen LogP contribution in [0.2, 0.25) is 0 Å². The van der Waals surface area contributed by atoms with Gasteiger partial charge in [0.05, 0.1) is 11.6 Å². The first-order chi connectivity index (χ1) is 13.3. The van der Waals surface area contributed by atoms with Crippen LogP contribution in [0.4, 0.5) is 13.2 Å². The lowest BCUT2D eigenvalue weighted by Crippen LogP contribution is -2.47. The van der Waals surface area contributed by atoms with Crippen molar-refractivity contribution in [2.45, 2.75) is 25.1 Å². The Morgan fingerprint density at radius 2 is 1.89 bits per heavy atom. The molecule has 0 N–H and O–H groups in total. The zero-order valence-corrected chi connectivity index (χ0v) is 16.3. The number of likely N-dealkylation sites (tertiary alicyclic amines) is 1. The third-order valence-corrected chi connectivity index (χ3v) is 6.36. The molecule has 0 saturated carbocycles. The Bertz CT molecular complexity index is 745. The summed E-state index contributed by atoms with van der Waals surface area (Å²) in [5, 5.41) is 0. The van der Waals surface area contributed by atoms with E-state index in [2.05, 4.69) is 6.58 Å². The van der Waals surface area contributed by atoms with Gasteiger partial charge in [0, 0.05) is 37.1 Å². The predicted octanol–water partition coefficient (Wildman–Crippen LogP) is 3.75. The first-order valence-electron chi connectivity index (χ1n) is 9.28. The lowest BCUT2D eigenvalue weighted by atomic mass is 9.93. The molecule has 2 fully saturated rings. The molecule has 1 unspecified atom stereocenters. The van der Waals surface area contributed by atoms with Gasteiger partial charge in [-0.15, -0.1) is 0 Å². The molecule has 1 aromatic carbocycles. The lowest BCUT2D eigenvalue weighted by Gasteiger charge is -2.40. The van der Waals surface area contributed by atoms with Crippen LogP contribution in [0.5, 0.6) is 0 Å². The fourth-order valence-electron chi connectivity index (χ4n) is 3.78. The van der Waals surface area contributed by atoms with Crippen molar-refractivity contribution in [3.05, 3.63) is 48.0 Å². The van der Waals surface area contributed by atoms with Gasteiger partial charge in [-0.1, -0.05) is 18.7 Å². The molecule has 0 bridgehead atoms. The molecular formula is C20H23F3N2O2S. The van der Waals surface area contributed by atoms with Gasteiger partial charge in [0.15, 0.2) is 0 Å². The number of carbonyl (C=O) groups is 2. The van der Waals surface area contributed by atoms with Crippen LogP contribution in [0.25, 0.3) is 0 Å². The second-order valence-corrected chi connectivity index (χ2v) is 8.20. The quantitative estimate of drug-likeness (QED) is 0.710. The van der Waals surface area contributed by atoms with Gasteiger partial charge in [-0.25, -0.2) is 0 Å². The zero-order chi connectivity index (χ0) is 20.3. The van der Waals surface area contributed by atoms with E-state index < -0.39 is 11.7 Å². The minimum absolute atomic E-state index is 0.0200. The number of halogens is 3. The molecule has 2 amide bonds. The molecule has 1 atom stereocenters. The number of alkyl halides is 3. The van der Waals surface area contributed by atoms with E-state index in [1.54, 1.807) is 27.6 Å². The summed E-state index contributed by atoms with van der Waals surface area (Å²) in [7, 11) is 0. The van der Waals surface area contributed by atoms with Crippen LogP contribution in [0.1, 0.15) is 30.0 Å². The Morgan fingerprint density at radius 1 is 1.18 bits per heavy atom. The summed E-state index contributed by atoms with van der Waals surface area (Å²) in [5.74, 6) is 0.997. The van der Waals surface area contributed by atoms with E-state index in [0.717, 1.165) is 17.9 Å². The van der Waals surface area contributed by atoms with Gasteiger partial charge < -0.3 is 9.80 Å². The molecule has 8 heteroatoms. The summed E-state index contributed by atoms with van der Waals surface area (Å²) in [6.45, 7) is 5.00. The summed E-state index contributed by atoms with van der Waals surface area (Å²) >= 11 is 1.65. The van der Waals surface area contributed by atoms with Gasteiger partial charge >= 0.3 is 6.18 Å². The molecule has 152 valence electrons. The fourth-order valence-corrected chi connectivity index (χ4v) is 4.86. The molecule has 3 rings (SSSR count). The summed E-state index contributed by atoms with van der Waals surface area (Å²) in [4.78, 5) is 28.3. The number of amides is 2. The molecule has 0 spiro atoms. The Kier molecular flexibility index (Phi) is 6.37. The highest BCUT2D eigenvalue weighted by molar-refractivity contribution is 7.99. The van der Waals surface area contributed by atoms with Gasteiger partial charge in [-0.05, 0) is 36.6 Å². The van der Waals surface area contributed by atoms with E-state index in [9.17, 15) is 22.8 Å². The highest BCUT2D eigenvalue weighted by Gasteiger charge is 2.36. The summed E-state index contributed by atoms with van der Waals surface area (Å²) < 4.78 is 39.3. The smallest absolute Gasteiger partial charge is 0.339 e. The Hall–Kier alpha value is -1.96. The van der Waals surface area contributed by atoms with Gasteiger partial charge in [0.25, 0.3) is 0 Å². The Morgan fingerprint density at radius 3 is 2.54 bits per heavy atom. The Balaban J connectivity index is 1.74. The zero-order valence-electron chi connectivity index (χ0n) is 15.5. The maximum absolute atomic E-state index is 13.1. The van der Waals surface area contributed by atoms with Gasteiger partial charge in [0.1, 0.15) is 0 Å². The number of hydrogen-bond donors (Lipinski definition) is 0. The molecule has 1 aromatic rings. The number of carbonyl (C=O) groups excluding carboxylic acids is 2. The summed E-state index contributed by atoms with van der Waals surface area (Å²) in [6, 6.07) is 4.92. The average Bonchev–Trinajstić information content (AvgIpc) is 2.72. The van der Waals surface area contributed by atoms with E-state index in [-0.39, 0.29) is 23.8 Å². The second kappa shape index (κ2) is 8.59. The molecule has 0 radical (unpaired) electrons. The topological polar surface area (TPSA) is 40.6 Å². The maximum Gasteiger partial charge on any atom is 0.416 e. The van der Waals surface area contributed by atoms with Crippen molar-refractivity contribution in [3.63, 3.8) is 0 Å². The van der Waals surface area contributed by atoms with Crippen LogP contribution in [0.15, 0.2) is 36.9 Å². The number of rotatable bonds is 3. The van der Waals surface area contributed by atoms with Gasteiger partial charge in [0.2, 0.25) is 11.8 Å². The van der Waals surface area contributed by atoms with Crippen LogP contribution >= 0.6 is 11.8 Å². The van der Waals surface area contributed by atoms with Crippen LogP contribution in [0.3, 0.4) is 0 Å². The van der Waals surface area contributed by atoms with Crippen molar-refractivity contribution in [1.82, 2.24) is 9.80 Å². The lowest BCUT2D eigenvalue weighted by molar-refractivity contribution is -0.141. The van der Waals surface area contributed by atoms with Gasteiger partial charge in [-0.3, -0.25) is 9.59 Å². The molecule has 2 heterocycles. The molecule has 2 aliphatic heterocycles.